The van der Waals surface area contributed by atoms with Crippen molar-refractivity contribution in [1.82, 2.24) is 5.32 Å². The van der Waals surface area contributed by atoms with Crippen LogP contribution in [0.15, 0.2) is 0 Å². The number of rotatable bonds is 6. The topological polar surface area (TPSA) is 66.4 Å². The fourth-order valence-corrected chi connectivity index (χ4v) is 2.14. The van der Waals surface area contributed by atoms with Gasteiger partial charge in [-0.3, -0.25) is 4.79 Å². The summed E-state index contributed by atoms with van der Waals surface area (Å²) in [6, 6.07) is -0.701. The molecule has 1 aliphatic carbocycles. The predicted octanol–water partition coefficient (Wildman–Crippen LogP) is 1.94. The molecule has 1 aliphatic rings. The van der Waals surface area contributed by atoms with Gasteiger partial charge < -0.3 is 10.4 Å². The molecule has 1 saturated carbocycles. The van der Waals surface area contributed by atoms with Crippen LogP contribution in [0.5, 0.6) is 0 Å². The molecule has 0 saturated heterocycles. The number of nitrogens with one attached hydrogen (secondary N) is 1. The quantitative estimate of drug-likeness (QED) is 0.728. The summed E-state index contributed by atoms with van der Waals surface area (Å²) in [6.45, 7) is 2.01. The highest BCUT2D eigenvalue weighted by molar-refractivity contribution is 5.85. The van der Waals surface area contributed by atoms with E-state index in [1.165, 1.54) is 0 Å². The number of carbonyl (C=O) groups excluding carboxylic acids is 1. The lowest BCUT2D eigenvalue weighted by atomic mass is 10.1. The smallest absolute Gasteiger partial charge is 0.326 e. The lowest BCUT2D eigenvalue weighted by Crippen LogP contribution is -2.43. The zero-order valence-corrected chi connectivity index (χ0v) is 9.87. The van der Waals surface area contributed by atoms with Gasteiger partial charge in [-0.15, -0.1) is 0 Å². The number of amides is 1. The van der Waals surface area contributed by atoms with Crippen LogP contribution in [-0.4, -0.2) is 23.0 Å². The predicted molar refractivity (Wildman–Crippen MR) is 61.0 cm³/mol. The molecule has 1 rings (SSSR count). The third kappa shape index (κ3) is 3.83. The Morgan fingerprint density at radius 1 is 1.38 bits per heavy atom. The zero-order valence-electron chi connectivity index (χ0n) is 9.87. The van der Waals surface area contributed by atoms with Gasteiger partial charge in [-0.2, -0.15) is 0 Å². The molecule has 4 nitrogen and oxygen atoms in total. The van der Waals surface area contributed by atoms with E-state index in [9.17, 15) is 9.59 Å². The molecule has 2 N–H and O–H groups in total. The number of hydrogen-bond donors (Lipinski definition) is 2. The third-order valence-corrected chi connectivity index (χ3v) is 3.19. The molecule has 0 aliphatic heterocycles. The van der Waals surface area contributed by atoms with Crippen LogP contribution in [0.1, 0.15) is 51.9 Å². The minimum atomic E-state index is -0.917. The second kappa shape index (κ2) is 6.51. The van der Waals surface area contributed by atoms with Crippen molar-refractivity contribution in [3.8, 4) is 0 Å². The molecule has 1 unspecified atom stereocenters. The monoisotopic (exact) mass is 227 g/mol. The lowest BCUT2D eigenvalue weighted by molar-refractivity contribution is -0.142. The van der Waals surface area contributed by atoms with Crippen molar-refractivity contribution in [1.29, 1.82) is 0 Å². The summed E-state index contributed by atoms with van der Waals surface area (Å²) in [6.07, 6.45) is 6.31. The molecule has 0 bridgehead atoms. The summed E-state index contributed by atoms with van der Waals surface area (Å²) >= 11 is 0. The summed E-state index contributed by atoms with van der Waals surface area (Å²) < 4.78 is 0. The summed E-state index contributed by atoms with van der Waals surface area (Å²) in [4.78, 5) is 22.7. The molecule has 0 aromatic rings. The fourth-order valence-electron chi connectivity index (χ4n) is 2.14. The van der Waals surface area contributed by atoms with Crippen LogP contribution in [0.25, 0.3) is 0 Å². The van der Waals surface area contributed by atoms with Crippen LogP contribution in [-0.2, 0) is 9.59 Å². The zero-order chi connectivity index (χ0) is 12.0. The van der Waals surface area contributed by atoms with E-state index in [-0.39, 0.29) is 11.8 Å². The van der Waals surface area contributed by atoms with E-state index in [4.69, 9.17) is 5.11 Å². The van der Waals surface area contributed by atoms with Crippen LogP contribution in [0.3, 0.4) is 0 Å². The third-order valence-electron chi connectivity index (χ3n) is 3.19. The Labute approximate surface area is 96.4 Å². The van der Waals surface area contributed by atoms with Gasteiger partial charge in [0.25, 0.3) is 0 Å². The standard InChI is InChI=1S/C12H21NO3/c1-2-3-8-10(12(15)16)13-11(14)9-6-4-5-7-9/h9-10H,2-8H2,1H3,(H,13,14)(H,15,16). The van der Waals surface area contributed by atoms with Gasteiger partial charge in [0.1, 0.15) is 6.04 Å². The van der Waals surface area contributed by atoms with Gasteiger partial charge in [0.05, 0.1) is 0 Å². The molecule has 0 heterocycles. The Hall–Kier alpha value is -1.06. The molecular weight excluding hydrogens is 206 g/mol. The Bertz CT molecular complexity index is 247. The lowest BCUT2D eigenvalue weighted by Gasteiger charge is -2.16. The van der Waals surface area contributed by atoms with Gasteiger partial charge in [0, 0.05) is 5.92 Å². The molecule has 1 amide bonds. The maximum Gasteiger partial charge on any atom is 0.326 e. The van der Waals surface area contributed by atoms with Crippen LogP contribution >= 0.6 is 0 Å². The number of carboxylic acids is 1. The van der Waals surface area contributed by atoms with E-state index in [1.807, 2.05) is 6.92 Å². The molecule has 1 fully saturated rings. The largest absolute Gasteiger partial charge is 0.480 e. The second-order valence-electron chi connectivity index (χ2n) is 4.52. The van der Waals surface area contributed by atoms with Crippen LogP contribution in [0.2, 0.25) is 0 Å². The van der Waals surface area contributed by atoms with E-state index in [2.05, 4.69) is 5.32 Å². The van der Waals surface area contributed by atoms with Crippen LogP contribution in [0.4, 0.5) is 0 Å². The Morgan fingerprint density at radius 3 is 2.50 bits per heavy atom. The van der Waals surface area contributed by atoms with Crippen molar-refractivity contribution in [2.45, 2.75) is 57.9 Å². The van der Waals surface area contributed by atoms with Crippen molar-refractivity contribution in [3.63, 3.8) is 0 Å². The summed E-state index contributed by atoms with van der Waals surface area (Å²) in [7, 11) is 0. The van der Waals surface area contributed by atoms with E-state index in [0.29, 0.717) is 6.42 Å². The SMILES string of the molecule is CCCCC(NC(=O)C1CCCC1)C(=O)O. The molecular formula is C12H21NO3. The first-order valence-corrected chi connectivity index (χ1v) is 6.18. The highest BCUT2D eigenvalue weighted by Gasteiger charge is 2.26. The molecule has 0 radical (unpaired) electrons. The normalized spacial score (nSPS) is 18.3. The molecule has 92 valence electrons. The fraction of sp³-hybridized carbons (Fsp3) is 0.833. The average Bonchev–Trinajstić information content (AvgIpc) is 2.76. The summed E-state index contributed by atoms with van der Waals surface area (Å²) in [5, 5.41) is 11.6. The number of unbranched alkanes of at least 4 members (excludes halogenated alkanes) is 1. The number of hydrogen-bond acceptors (Lipinski definition) is 2. The van der Waals surface area contributed by atoms with Gasteiger partial charge in [0.15, 0.2) is 0 Å². The minimum Gasteiger partial charge on any atom is -0.480 e. The van der Waals surface area contributed by atoms with E-state index >= 15 is 0 Å². The van der Waals surface area contributed by atoms with Crippen molar-refractivity contribution < 1.29 is 14.7 Å². The minimum absolute atomic E-state index is 0.0449. The van der Waals surface area contributed by atoms with Crippen LogP contribution < -0.4 is 5.32 Å². The van der Waals surface area contributed by atoms with Gasteiger partial charge in [-0.25, -0.2) is 4.79 Å². The molecule has 0 aromatic carbocycles. The van der Waals surface area contributed by atoms with Crippen molar-refractivity contribution >= 4 is 11.9 Å². The Balaban J connectivity index is 2.40. The Morgan fingerprint density at radius 2 is 2.00 bits per heavy atom. The Kier molecular flexibility index (Phi) is 5.29. The maximum absolute atomic E-state index is 11.7. The summed E-state index contributed by atoms with van der Waals surface area (Å²) in [5.41, 5.74) is 0. The van der Waals surface area contributed by atoms with E-state index in [1.54, 1.807) is 0 Å². The van der Waals surface area contributed by atoms with Gasteiger partial charge >= 0.3 is 5.97 Å². The van der Waals surface area contributed by atoms with Gasteiger partial charge in [-0.1, -0.05) is 32.6 Å². The highest BCUT2D eigenvalue weighted by Crippen LogP contribution is 2.24. The maximum atomic E-state index is 11.7. The van der Waals surface area contributed by atoms with Crippen molar-refractivity contribution in [2.75, 3.05) is 0 Å². The highest BCUT2D eigenvalue weighted by atomic mass is 16.4. The first kappa shape index (κ1) is 13.0. The summed E-state index contributed by atoms with van der Waals surface area (Å²) in [5.74, 6) is -0.940. The van der Waals surface area contributed by atoms with Crippen molar-refractivity contribution in [2.24, 2.45) is 5.92 Å². The number of aliphatic carboxylic acids is 1. The first-order chi connectivity index (χ1) is 7.65. The number of carbonyl (C=O) groups is 2. The number of carboxylic acid groups (broad SMARTS) is 1. The molecule has 1 atom stereocenters. The molecule has 16 heavy (non-hydrogen) atoms. The molecule has 4 heteroatoms. The first-order valence-electron chi connectivity index (χ1n) is 6.18. The van der Waals surface area contributed by atoms with Crippen LogP contribution in [0, 0.1) is 5.92 Å². The van der Waals surface area contributed by atoms with E-state index < -0.39 is 12.0 Å². The van der Waals surface area contributed by atoms with E-state index in [0.717, 1.165) is 38.5 Å². The van der Waals surface area contributed by atoms with Gasteiger partial charge in [-0.05, 0) is 19.3 Å². The van der Waals surface area contributed by atoms with Crippen molar-refractivity contribution in [3.05, 3.63) is 0 Å². The average molecular weight is 227 g/mol. The second-order valence-corrected chi connectivity index (χ2v) is 4.52. The molecule has 0 spiro atoms. The van der Waals surface area contributed by atoms with Gasteiger partial charge in [0.2, 0.25) is 5.91 Å². The molecule has 0 aromatic heterocycles.